The zero-order valence-corrected chi connectivity index (χ0v) is 6.88. The van der Waals surface area contributed by atoms with Crippen molar-refractivity contribution in [2.24, 2.45) is 5.41 Å². The Bertz CT molecular complexity index is 220. The van der Waals surface area contributed by atoms with Gasteiger partial charge in [0.25, 0.3) is 0 Å². The minimum Gasteiger partial charge on any atom is -0.197 e. The third-order valence-corrected chi connectivity index (χ3v) is 2.06. The van der Waals surface area contributed by atoms with Gasteiger partial charge in [-0.2, -0.15) is 5.26 Å². The lowest BCUT2D eigenvalue weighted by atomic mass is 9.79. The fourth-order valence-corrected chi connectivity index (χ4v) is 1.44. The molecule has 0 aromatic rings. The van der Waals surface area contributed by atoms with E-state index in [4.69, 9.17) is 5.26 Å². The molecule has 1 aliphatic rings. The second kappa shape index (κ2) is 3.39. The second-order valence-corrected chi connectivity index (χ2v) is 3.01. The van der Waals surface area contributed by atoms with Crippen molar-refractivity contribution >= 4 is 0 Å². The van der Waals surface area contributed by atoms with Crippen LogP contribution >= 0.6 is 0 Å². The van der Waals surface area contributed by atoms with Gasteiger partial charge >= 0.3 is 0 Å². The van der Waals surface area contributed by atoms with E-state index < -0.39 is 0 Å². The number of hydrogen-bond donors (Lipinski definition) is 0. The van der Waals surface area contributed by atoms with Gasteiger partial charge < -0.3 is 0 Å². The van der Waals surface area contributed by atoms with Crippen LogP contribution in [-0.2, 0) is 0 Å². The van der Waals surface area contributed by atoms with Crippen LogP contribution in [-0.4, -0.2) is 0 Å². The van der Waals surface area contributed by atoms with Gasteiger partial charge in [0.05, 0.1) is 11.5 Å². The smallest absolute Gasteiger partial charge is 0.0790 e. The van der Waals surface area contributed by atoms with Crippen molar-refractivity contribution in [3.05, 3.63) is 24.3 Å². The molecular weight excluding hydrogens is 134 g/mol. The first kappa shape index (κ1) is 8.07. The molecule has 0 saturated heterocycles. The van der Waals surface area contributed by atoms with Gasteiger partial charge in [0.1, 0.15) is 0 Å². The number of hydrogen-bond acceptors (Lipinski definition) is 1. The van der Waals surface area contributed by atoms with Gasteiger partial charge in [0.15, 0.2) is 0 Å². The Labute approximate surface area is 68.0 Å². The molecule has 0 amide bonds. The molecule has 0 spiro atoms. The van der Waals surface area contributed by atoms with E-state index in [-0.39, 0.29) is 5.41 Å². The summed E-state index contributed by atoms with van der Waals surface area (Å²) in [5.74, 6) is 0. The molecule has 1 unspecified atom stereocenters. The molecule has 1 rings (SSSR count). The van der Waals surface area contributed by atoms with Crippen LogP contribution in [0.3, 0.4) is 0 Å². The second-order valence-electron chi connectivity index (χ2n) is 3.01. The van der Waals surface area contributed by atoms with E-state index in [1.807, 2.05) is 18.2 Å². The minimum atomic E-state index is -0.191. The molecule has 0 saturated carbocycles. The third kappa shape index (κ3) is 1.71. The van der Waals surface area contributed by atoms with Gasteiger partial charge in [0, 0.05) is 0 Å². The summed E-state index contributed by atoms with van der Waals surface area (Å²) in [7, 11) is 0. The highest BCUT2D eigenvalue weighted by Gasteiger charge is 2.24. The van der Waals surface area contributed by atoms with Crippen LogP contribution in [0.5, 0.6) is 0 Å². The molecule has 0 aliphatic heterocycles. The molecule has 0 N–H and O–H groups in total. The van der Waals surface area contributed by atoms with Gasteiger partial charge in [-0.05, 0) is 12.8 Å². The quantitative estimate of drug-likeness (QED) is 0.589. The predicted molar refractivity (Wildman–Crippen MR) is 45.9 cm³/mol. The van der Waals surface area contributed by atoms with Crippen molar-refractivity contribution in [2.45, 2.75) is 26.2 Å². The van der Waals surface area contributed by atoms with E-state index in [1.54, 1.807) is 0 Å². The Morgan fingerprint density at radius 3 is 2.82 bits per heavy atom. The third-order valence-electron chi connectivity index (χ3n) is 2.06. The van der Waals surface area contributed by atoms with Gasteiger partial charge in [-0.15, -0.1) is 0 Å². The number of rotatable bonds is 2. The lowest BCUT2D eigenvalue weighted by Gasteiger charge is -2.21. The predicted octanol–water partition coefficient (Wildman–Crippen LogP) is 2.81. The van der Waals surface area contributed by atoms with Crippen LogP contribution in [0.25, 0.3) is 0 Å². The van der Waals surface area contributed by atoms with E-state index in [1.165, 1.54) is 0 Å². The lowest BCUT2D eigenvalue weighted by Crippen LogP contribution is -2.15. The number of nitriles is 1. The van der Waals surface area contributed by atoms with E-state index in [0.717, 1.165) is 19.3 Å². The van der Waals surface area contributed by atoms with Crippen LogP contribution in [0.1, 0.15) is 26.2 Å². The van der Waals surface area contributed by atoms with Gasteiger partial charge in [-0.3, -0.25) is 0 Å². The molecule has 0 aromatic carbocycles. The van der Waals surface area contributed by atoms with Crippen LogP contribution in [0, 0.1) is 16.7 Å². The summed E-state index contributed by atoms with van der Waals surface area (Å²) in [6, 6.07) is 2.38. The molecule has 1 heteroatoms. The maximum Gasteiger partial charge on any atom is 0.0790 e. The highest BCUT2D eigenvalue weighted by molar-refractivity contribution is 5.23. The largest absolute Gasteiger partial charge is 0.197 e. The summed E-state index contributed by atoms with van der Waals surface area (Å²) in [6.07, 6.45) is 11.0. The normalized spacial score (nSPS) is 28.4. The van der Waals surface area contributed by atoms with E-state index >= 15 is 0 Å². The molecule has 0 heterocycles. The zero-order chi connectivity index (χ0) is 8.16. The Morgan fingerprint density at radius 2 is 2.36 bits per heavy atom. The summed E-state index contributed by atoms with van der Waals surface area (Å²) in [5.41, 5.74) is -0.191. The molecule has 1 atom stereocenters. The van der Waals surface area contributed by atoms with Crippen LogP contribution in [0.15, 0.2) is 24.3 Å². The van der Waals surface area contributed by atoms with E-state index in [9.17, 15) is 0 Å². The average Bonchev–Trinajstić information content (AvgIpc) is 2.07. The highest BCUT2D eigenvalue weighted by atomic mass is 14.4. The first-order valence-corrected chi connectivity index (χ1v) is 4.08. The lowest BCUT2D eigenvalue weighted by molar-refractivity contribution is 0.459. The van der Waals surface area contributed by atoms with Gasteiger partial charge in [-0.1, -0.05) is 37.6 Å². The minimum absolute atomic E-state index is 0.191. The Kier molecular flexibility index (Phi) is 2.48. The number of nitrogens with zero attached hydrogens (tertiary/aromatic N) is 1. The monoisotopic (exact) mass is 147 g/mol. The molecule has 0 radical (unpaired) electrons. The maximum atomic E-state index is 8.94. The standard InChI is InChI=1S/C10H13N/c1-2-6-10(9-11)7-4-3-5-8-10/h3-5,7H,2,6,8H2,1H3. The molecule has 58 valence electrons. The Morgan fingerprint density at radius 1 is 1.55 bits per heavy atom. The Hall–Kier alpha value is -1.03. The van der Waals surface area contributed by atoms with Crippen molar-refractivity contribution < 1.29 is 0 Å². The average molecular weight is 147 g/mol. The first-order chi connectivity index (χ1) is 5.33. The van der Waals surface area contributed by atoms with Gasteiger partial charge in [0.2, 0.25) is 0 Å². The van der Waals surface area contributed by atoms with Crippen molar-refractivity contribution in [1.82, 2.24) is 0 Å². The van der Waals surface area contributed by atoms with E-state index in [2.05, 4.69) is 19.1 Å². The van der Waals surface area contributed by atoms with E-state index in [0.29, 0.717) is 0 Å². The molecule has 11 heavy (non-hydrogen) atoms. The molecule has 0 bridgehead atoms. The summed E-state index contributed by atoms with van der Waals surface area (Å²) in [6.45, 7) is 2.12. The zero-order valence-electron chi connectivity index (χ0n) is 6.88. The van der Waals surface area contributed by atoms with Crippen LogP contribution in [0.2, 0.25) is 0 Å². The molecule has 1 aliphatic carbocycles. The first-order valence-electron chi connectivity index (χ1n) is 4.08. The highest BCUT2D eigenvalue weighted by Crippen LogP contribution is 2.31. The van der Waals surface area contributed by atoms with Crippen molar-refractivity contribution in [2.75, 3.05) is 0 Å². The molecular formula is C10H13N. The van der Waals surface area contributed by atoms with Crippen LogP contribution in [0.4, 0.5) is 0 Å². The Balaban J connectivity index is 2.70. The SMILES string of the molecule is CCCC1(C#N)C=CC=CC1. The summed E-state index contributed by atoms with van der Waals surface area (Å²) < 4.78 is 0. The summed E-state index contributed by atoms with van der Waals surface area (Å²) in [4.78, 5) is 0. The fourth-order valence-electron chi connectivity index (χ4n) is 1.44. The van der Waals surface area contributed by atoms with Crippen molar-refractivity contribution in [3.8, 4) is 6.07 Å². The maximum absolute atomic E-state index is 8.94. The topological polar surface area (TPSA) is 23.8 Å². The molecule has 0 aromatic heterocycles. The summed E-state index contributed by atoms with van der Waals surface area (Å²) in [5, 5.41) is 8.94. The fraction of sp³-hybridized carbons (Fsp3) is 0.500. The van der Waals surface area contributed by atoms with Crippen LogP contribution < -0.4 is 0 Å². The van der Waals surface area contributed by atoms with Crippen molar-refractivity contribution in [1.29, 1.82) is 5.26 Å². The molecule has 0 fully saturated rings. The van der Waals surface area contributed by atoms with Crippen molar-refractivity contribution in [3.63, 3.8) is 0 Å². The summed E-state index contributed by atoms with van der Waals surface area (Å²) >= 11 is 0. The molecule has 1 nitrogen and oxygen atoms in total. The van der Waals surface area contributed by atoms with Gasteiger partial charge in [-0.25, -0.2) is 0 Å². The number of allylic oxidation sites excluding steroid dienone is 4.